The van der Waals surface area contributed by atoms with E-state index in [0.717, 1.165) is 16.8 Å². The summed E-state index contributed by atoms with van der Waals surface area (Å²) in [5, 5.41) is 7.28. The van der Waals surface area contributed by atoms with Crippen LogP contribution in [0.2, 0.25) is 0 Å². The molecule has 3 rings (SSSR count). The number of hydrogen-bond acceptors (Lipinski definition) is 2. The Morgan fingerprint density at radius 2 is 1.46 bits per heavy atom. The van der Waals surface area contributed by atoms with Crippen molar-refractivity contribution >= 4 is 28.7 Å². The van der Waals surface area contributed by atoms with Gasteiger partial charge in [0.2, 0.25) is 0 Å². The summed E-state index contributed by atoms with van der Waals surface area (Å²) in [6.45, 7) is 1.89. The molecule has 0 aliphatic heterocycles. The Morgan fingerprint density at radius 1 is 0.846 bits per heavy atom. The molecule has 0 unspecified atom stereocenters. The first-order chi connectivity index (χ1) is 12.6. The van der Waals surface area contributed by atoms with Crippen molar-refractivity contribution in [2.45, 2.75) is 6.92 Å². The second kappa shape index (κ2) is 8.36. The van der Waals surface area contributed by atoms with Gasteiger partial charge in [0.1, 0.15) is 5.82 Å². The Bertz CT molecular complexity index is 922. The maximum Gasteiger partial charge on any atom is 0.191 e. The zero-order valence-corrected chi connectivity index (χ0v) is 15.1. The molecule has 3 aromatic rings. The normalized spacial score (nSPS) is 11.1. The summed E-state index contributed by atoms with van der Waals surface area (Å²) in [6.07, 6.45) is 0. The Morgan fingerprint density at radius 3 is 2.15 bits per heavy atom. The molecule has 0 atom stereocenters. The first-order valence-electron chi connectivity index (χ1n) is 8.15. The molecule has 0 bridgehead atoms. The van der Waals surface area contributed by atoms with E-state index >= 15 is 0 Å². The number of hydrogen-bond donors (Lipinski definition) is 2. The van der Waals surface area contributed by atoms with Crippen molar-refractivity contribution in [2.24, 2.45) is 5.10 Å². The van der Waals surface area contributed by atoms with E-state index in [4.69, 9.17) is 12.2 Å². The molecule has 0 fully saturated rings. The summed E-state index contributed by atoms with van der Waals surface area (Å²) in [6, 6.07) is 24.6. The zero-order chi connectivity index (χ0) is 18.4. The highest BCUT2D eigenvalue weighted by molar-refractivity contribution is 7.80. The van der Waals surface area contributed by atoms with E-state index < -0.39 is 0 Å². The molecule has 0 saturated carbocycles. The van der Waals surface area contributed by atoms with Gasteiger partial charge in [-0.2, -0.15) is 5.10 Å². The molecule has 0 aliphatic rings. The molecule has 3 aromatic carbocycles. The van der Waals surface area contributed by atoms with Crippen molar-refractivity contribution in [3.8, 4) is 11.1 Å². The first-order valence-corrected chi connectivity index (χ1v) is 8.56. The molecule has 5 heteroatoms. The largest absolute Gasteiger partial charge is 0.329 e. The van der Waals surface area contributed by atoms with Crippen LogP contribution in [0.5, 0.6) is 0 Å². The topological polar surface area (TPSA) is 36.4 Å². The highest BCUT2D eigenvalue weighted by Crippen LogP contribution is 2.19. The molecule has 0 saturated heterocycles. The van der Waals surface area contributed by atoms with E-state index in [2.05, 4.69) is 40.1 Å². The van der Waals surface area contributed by atoms with Crippen molar-refractivity contribution in [3.63, 3.8) is 0 Å². The number of hydrazone groups is 1. The monoisotopic (exact) mass is 363 g/mol. The Labute approximate surface area is 157 Å². The number of thiocarbonyl (C=S) groups is 1. The predicted molar refractivity (Wildman–Crippen MR) is 110 cm³/mol. The third kappa shape index (κ3) is 4.52. The van der Waals surface area contributed by atoms with Crippen LogP contribution in [0.4, 0.5) is 10.1 Å². The van der Waals surface area contributed by atoms with E-state index in [1.54, 1.807) is 18.2 Å². The lowest BCUT2D eigenvalue weighted by Gasteiger charge is -2.09. The Balaban J connectivity index is 1.64. The van der Waals surface area contributed by atoms with Gasteiger partial charge in [-0.1, -0.05) is 66.7 Å². The summed E-state index contributed by atoms with van der Waals surface area (Å²) in [5.74, 6) is -0.367. The second-order valence-corrected chi connectivity index (χ2v) is 6.09. The average molecular weight is 363 g/mol. The lowest BCUT2D eigenvalue weighted by molar-refractivity contribution is 0.632. The van der Waals surface area contributed by atoms with Crippen molar-refractivity contribution in [2.75, 3.05) is 5.32 Å². The minimum atomic E-state index is -0.367. The summed E-state index contributed by atoms with van der Waals surface area (Å²) in [5.41, 5.74) is 7.13. The molecule has 0 spiro atoms. The van der Waals surface area contributed by atoms with Gasteiger partial charge in [0.05, 0.1) is 11.4 Å². The molecule has 2 N–H and O–H groups in total. The fourth-order valence-electron chi connectivity index (χ4n) is 2.45. The molecule has 0 radical (unpaired) electrons. The molecule has 0 aliphatic carbocycles. The van der Waals surface area contributed by atoms with Crippen LogP contribution in [-0.2, 0) is 0 Å². The molecule has 0 amide bonds. The molecule has 0 aromatic heterocycles. The third-order valence-corrected chi connectivity index (χ3v) is 4.05. The molecule has 0 heterocycles. The van der Waals surface area contributed by atoms with Gasteiger partial charge in [-0.3, -0.25) is 5.43 Å². The van der Waals surface area contributed by atoms with Gasteiger partial charge in [0, 0.05) is 0 Å². The lowest BCUT2D eigenvalue weighted by Crippen LogP contribution is -2.25. The Hall–Kier alpha value is -3.05. The number of nitrogens with zero attached hydrogens (tertiary/aromatic N) is 1. The molecule has 26 heavy (non-hydrogen) atoms. The van der Waals surface area contributed by atoms with Gasteiger partial charge >= 0.3 is 0 Å². The standard InChI is InChI=1S/C21H18FN3S/c1-15(24-25-21(26)23-20-10-6-5-9-19(20)22)16-11-13-18(14-12-16)17-7-3-2-4-8-17/h2-14H,1H3,(H2,23,25,26)/b24-15-. The zero-order valence-electron chi connectivity index (χ0n) is 14.2. The predicted octanol–water partition coefficient (Wildman–Crippen LogP) is 5.20. The van der Waals surface area contributed by atoms with Crippen molar-refractivity contribution in [1.82, 2.24) is 5.43 Å². The fraction of sp³-hybridized carbons (Fsp3) is 0.0476. The lowest BCUT2D eigenvalue weighted by atomic mass is 10.0. The van der Waals surface area contributed by atoms with E-state index in [9.17, 15) is 4.39 Å². The van der Waals surface area contributed by atoms with E-state index in [-0.39, 0.29) is 10.9 Å². The number of anilines is 1. The van der Waals surface area contributed by atoms with Crippen LogP contribution in [-0.4, -0.2) is 10.8 Å². The summed E-state index contributed by atoms with van der Waals surface area (Å²) < 4.78 is 13.6. The van der Waals surface area contributed by atoms with Crippen LogP contribution in [0.15, 0.2) is 84.0 Å². The van der Waals surface area contributed by atoms with Gasteiger partial charge in [0.25, 0.3) is 0 Å². The number of halogens is 1. The van der Waals surface area contributed by atoms with Crippen LogP contribution < -0.4 is 10.7 Å². The van der Waals surface area contributed by atoms with Gasteiger partial charge < -0.3 is 5.32 Å². The molecular weight excluding hydrogens is 345 g/mol. The third-order valence-electron chi connectivity index (χ3n) is 3.86. The van der Waals surface area contributed by atoms with E-state index in [1.807, 2.05) is 37.3 Å². The minimum Gasteiger partial charge on any atom is -0.329 e. The van der Waals surface area contributed by atoms with Crippen LogP contribution in [0, 0.1) is 5.82 Å². The summed E-state index contributed by atoms with van der Waals surface area (Å²) in [7, 11) is 0. The average Bonchev–Trinajstić information content (AvgIpc) is 2.69. The van der Waals surface area contributed by atoms with Crippen LogP contribution >= 0.6 is 12.2 Å². The number of nitrogens with one attached hydrogen (secondary N) is 2. The van der Waals surface area contributed by atoms with Crippen LogP contribution in [0.3, 0.4) is 0 Å². The number of benzene rings is 3. The second-order valence-electron chi connectivity index (χ2n) is 5.69. The van der Waals surface area contributed by atoms with Crippen molar-refractivity contribution in [1.29, 1.82) is 0 Å². The van der Waals surface area contributed by atoms with Crippen LogP contribution in [0.1, 0.15) is 12.5 Å². The van der Waals surface area contributed by atoms with Gasteiger partial charge in [0.15, 0.2) is 5.11 Å². The molecular formula is C21H18FN3S. The highest BCUT2D eigenvalue weighted by Gasteiger charge is 2.03. The van der Waals surface area contributed by atoms with Crippen LogP contribution in [0.25, 0.3) is 11.1 Å². The van der Waals surface area contributed by atoms with Gasteiger partial charge in [-0.05, 0) is 48.0 Å². The van der Waals surface area contributed by atoms with Crippen molar-refractivity contribution in [3.05, 3.63) is 90.2 Å². The molecule has 130 valence electrons. The van der Waals surface area contributed by atoms with E-state index in [0.29, 0.717) is 5.69 Å². The van der Waals surface area contributed by atoms with E-state index in [1.165, 1.54) is 11.6 Å². The number of rotatable bonds is 4. The highest BCUT2D eigenvalue weighted by atomic mass is 32.1. The first kappa shape index (κ1) is 17.8. The quantitative estimate of drug-likeness (QED) is 0.380. The Kier molecular flexibility index (Phi) is 5.71. The maximum atomic E-state index is 13.6. The number of para-hydroxylation sites is 1. The summed E-state index contributed by atoms with van der Waals surface area (Å²) >= 11 is 5.15. The SMILES string of the molecule is C/C(=N/NC(=S)Nc1ccccc1F)c1ccc(-c2ccccc2)cc1. The van der Waals surface area contributed by atoms with Gasteiger partial charge in [-0.15, -0.1) is 0 Å². The summed E-state index contributed by atoms with van der Waals surface area (Å²) in [4.78, 5) is 0. The molecule has 3 nitrogen and oxygen atoms in total. The fourth-order valence-corrected chi connectivity index (χ4v) is 2.60. The van der Waals surface area contributed by atoms with Crippen molar-refractivity contribution < 1.29 is 4.39 Å². The smallest absolute Gasteiger partial charge is 0.191 e. The maximum absolute atomic E-state index is 13.6. The van der Waals surface area contributed by atoms with Gasteiger partial charge in [-0.25, -0.2) is 4.39 Å². The minimum absolute atomic E-state index is 0.232.